The summed E-state index contributed by atoms with van der Waals surface area (Å²) in [7, 11) is 0. The Labute approximate surface area is 163 Å². The van der Waals surface area contributed by atoms with Gasteiger partial charge in [0.05, 0.1) is 5.92 Å². The second kappa shape index (κ2) is 7.56. The summed E-state index contributed by atoms with van der Waals surface area (Å²) >= 11 is 1.39. The normalized spacial score (nSPS) is 25.2. The van der Waals surface area contributed by atoms with Gasteiger partial charge in [-0.3, -0.25) is 4.79 Å². The maximum absolute atomic E-state index is 12.7. The van der Waals surface area contributed by atoms with Crippen LogP contribution in [0.3, 0.4) is 0 Å². The molecule has 3 aliphatic rings. The van der Waals surface area contributed by atoms with E-state index >= 15 is 0 Å². The standard InChI is InChI=1S/C20H26N4O2S/c1-12-5-4-6-17(13(12)2)26-14(3)19-22-23-20(27-19)21-18(25)16-11-24-9-7-15(16)8-10-24/h4-6,14-16H,7-11H2,1-3H3,(H,21,23,25)/t14-,16-/m0/s1. The highest BCUT2D eigenvalue weighted by Crippen LogP contribution is 2.34. The van der Waals surface area contributed by atoms with Crippen LogP contribution in [0.25, 0.3) is 0 Å². The predicted octanol–water partition coefficient (Wildman–Crippen LogP) is 3.58. The van der Waals surface area contributed by atoms with Crippen LogP contribution in [0.1, 0.15) is 42.0 Å². The van der Waals surface area contributed by atoms with Crippen molar-refractivity contribution < 1.29 is 9.53 Å². The molecular weight excluding hydrogens is 360 g/mol. The fourth-order valence-corrected chi connectivity index (χ4v) is 4.73. The number of amides is 1. The van der Waals surface area contributed by atoms with Gasteiger partial charge >= 0.3 is 0 Å². The molecule has 1 N–H and O–H groups in total. The van der Waals surface area contributed by atoms with Crippen molar-refractivity contribution in [1.29, 1.82) is 0 Å². The van der Waals surface area contributed by atoms with E-state index in [1.165, 1.54) is 16.9 Å². The van der Waals surface area contributed by atoms with Crippen LogP contribution in [-0.2, 0) is 4.79 Å². The Hall–Kier alpha value is -1.99. The minimum absolute atomic E-state index is 0.0727. The van der Waals surface area contributed by atoms with Crippen LogP contribution >= 0.6 is 11.3 Å². The number of hydrogen-bond donors (Lipinski definition) is 1. The van der Waals surface area contributed by atoms with Crippen LogP contribution in [0.4, 0.5) is 5.13 Å². The number of rotatable bonds is 5. The molecule has 0 radical (unpaired) electrons. The number of hydrogen-bond acceptors (Lipinski definition) is 6. The fraction of sp³-hybridized carbons (Fsp3) is 0.550. The Balaban J connectivity index is 1.39. The second-order valence-electron chi connectivity index (χ2n) is 7.64. The second-order valence-corrected chi connectivity index (χ2v) is 8.65. The van der Waals surface area contributed by atoms with Crippen molar-refractivity contribution in [3.05, 3.63) is 34.3 Å². The molecule has 7 heteroatoms. The Morgan fingerprint density at radius 2 is 2.07 bits per heavy atom. The van der Waals surface area contributed by atoms with Crippen molar-refractivity contribution in [1.82, 2.24) is 15.1 Å². The number of piperidine rings is 3. The van der Waals surface area contributed by atoms with E-state index in [0.717, 1.165) is 48.8 Å². The molecule has 0 spiro atoms. The molecule has 5 rings (SSSR count). The van der Waals surface area contributed by atoms with Gasteiger partial charge in [0.15, 0.2) is 5.01 Å². The van der Waals surface area contributed by atoms with Crippen molar-refractivity contribution >= 4 is 22.4 Å². The molecule has 2 aromatic rings. The summed E-state index contributed by atoms with van der Waals surface area (Å²) < 4.78 is 6.08. The van der Waals surface area contributed by atoms with Crippen molar-refractivity contribution in [2.75, 3.05) is 25.0 Å². The van der Waals surface area contributed by atoms with Crippen molar-refractivity contribution in [3.8, 4) is 5.75 Å². The van der Waals surface area contributed by atoms with Crippen LogP contribution in [0.15, 0.2) is 18.2 Å². The Morgan fingerprint density at radius 3 is 2.78 bits per heavy atom. The molecular formula is C20H26N4O2S. The summed E-state index contributed by atoms with van der Waals surface area (Å²) in [6, 6.07) is 6.03. The molecule has 6 nitrogen and oxygen atoms in total. The third-order valence-corrected chi connectivity index (χ3v) is 6.87. The number of carbonyl (C=O) groups excluding carboxylic acids is 1. The number of nitrogens with zero attached hydrogens (tertiary/aromatic N) is 3. The molecule has 1 amide bonds. The van der Waals surface area contributed by atoms with Gasteiger partial charge < -0.3 is 15.0 Å². The van der Waals surface area contributed by atoms with Gasteiger partial charge in [-0.15, -0.1) is 10.2 Å². The molecule has 0 unspecified atom stereocenters. The summed E-state index contributed by atoms with van der Waals surface area (Å²) in [5, 5.41) is 12.7. The first-order valence-electron chi connectivity index (χ1n) is 9.60. The van der Waals surface area contributed by atoms with E-state index in [-0.39, 0.29) is 17.9 Å². The van der Waals surface area contributed by atoms with Gasteiger partial charge in [0.25, 0.3) is 0 Å². The minimum atomic E-state index is -0.217. The summed E-state index contributed by atoms with van der Waals surface area (Å²) in [5.74, 6) is 1.52. The molecule has 3 fully saturated rings. The van der Waals surface area contributed by atoms with Gasteiger partial charge in [0, 0.05) is 6.54 Å². The molecule has 3 saturated heterocycles. The molecule has 4 heterocycles. The highest BCUT2D eigenvalue weighted by molar-refractivity contribution is 7.15. The first kappa shape index (κ1) is 18.4. The summed E-state index contributed by atoms with van der Waals surface area (Å²) in [6.45, 7) is 9.21. The molecule has 1 aromatic carbocycles. The van der Waals surface area contributed by atoms with E-state index in [9.17, 15) is 4.79 Å². The minimum Gasteiger partial charge on any atom is -0.483 e. The average Bonchev–Trinajstić information content (AvgIpc) is 3.15. The smallest absolute Gasteiger partial charge is 0.230 e. The zero-order valence-corrected chi connectivity index (χ0v) is 16.9. The van der Waals surface area contributed by atoms with Gasteiger partial charge in [0.1, 0.15) is 11.9 Å². The summed E-state index contributed by atoms with van der Waals surface area (Å²) in [4.78, 5) is 15.1. The Kier molecular flexibility index (Phi) is 5.14. The van der Waals surface area contributed by atoms with Crippen molar-refractivity contribution in [2.45, 2.75) is 39.7 Å². The van der Waals surface area contributed by atoms with Crippen LogP contribution in [0.5, 0.6) is 5.75 Å². The van der Waals surface area contributed by atoms with Crippen LogP contribution in [-0.4, -0.2) is 40.6 Å². The van der Waals surface area contributed by atoms with Crippen LogP contribution < -0.4 is 10.1 Å². The van der Waals surface area contributed by atoms with Crippen molar-refractivity contribution in [3.63, 3.8) is 0 Å². The third-order valence-electron chi connectivity index (χ3n) is 5.87. The third kappa shape index (κ3) is 3.84. The molecule has 2 bridgehead atoms. The lowest BCUT2D eigenvalue weighted by Gasteiger charge is -2.43. The monoisotopic (exact) mass is 386 g/mol. The quantitative estimate of drug-likeness (QED) is 0.851. The molecule has 2 atom stereocenters. The van der Waals surface area contributed by atoms with Crippen molar-refractivity contribution in [2.24, 2.45) is 11.8 Å². The number of aromatic nitrogens is 2. The number of anilines is 1. The average molecular weight is 387 g/mol. The van der Waals surface area contributed by atoms with E-state index < -0.39 is 0 Å². The largest absolute Gasteiger partial charge is 0.483 e. The summed E-state index contributed by atoms with van der Waals surface area (Å²) in [5.41, 5.74) is 2.33. The van der Waals surface area contributed by atoms with E-state index in [0.29, 0.717) is 11.0 Å². The van der Waals surface area contributed by atoms with Gasteiger partial charge in [-0.1, -0.05) is 23.5 Å². The maximum atomic E-state index is 12.7. The first-order chi connectivity index (χ1) is 13.0. The number of aryl methyl sites for hydroxylation is 1. The maximum Gasteiger partial charge on any atom is 0.230 e. The number of fused-ring (bicyclic) bond motifs is 3. The number of carbonyl (C=O) groups is 1. The Bertz CT molecular complexity index is 829. The lowest BCUT2D eigenvalue weighted by atomic mass is 9.78. The number of benzene rings is 1. The predicted molar refractivity (Wildman–Crippen MR) is 106 cm³/mol. The molecule has 144 valence electrons. The molecule has 0 saturated carbocycles. The Morgan fingerprint density at radius 1 is 1.30 bits per heavy atom. The zero-order chi connectivity index (χ0) is 19.0. The SMILES string of the molecule is Cc1cccc(O[C@@H](C)c2nnc(NC(=O)[C@H]3CN4CCC3CC4)s2)c1C. The van der Waals surface area contributed by atoms with Gasteiger partial charge in [0.2, 0.25) is 11.0 Å². The van der Waals surface area contributed by atoms with Crippen LogP contribution in [0.2, 0.25) is 0 Å². The number of ether oxygens (including phenoxy) is 1. The van der Waals surface area contributed by atoms with E-state index in [4.69, 9.17) is 4.74 Å². The number of nitrogens with one attached hydrogen (secondary N) is 1. The topological polar surface area (TPSA) is 67.4 Å². The lowest BCUT2D eigenvalue weighted by molar-refractivity contribution is -0.125. The van der Waals surface area contributed by atoms with Gasteiger partial charge in [-0.2, -0.15) is 0 Å². The van der Waals surface area contributed by atoms with E-state index in [2.05, 4.69) is 40.3 Å². The highest BCUT2D eigenvalue weighted by Gasteiger charge is 2.38. The zero-order valence-electron chi connectivity index (χ0n) is 16.1. The van der Waals surface area contributed by atoms with Crippen LogP contribution in [0, 0.1) is 25.7 Å². The molecule has 1 aromatic heterocycles. The van der Waals surface area contributed by atoms with Gasteiger partial charge in [-0.25, -0.2) is 0 Å². The lowest BCUT2D eigenvalue weighted by Crippen LogP contribution is -2.51. The van der Waals surface area contributed by atoms with E-state index in [1.54, 1.807) is 0 Å². The summed E-state index contributed by atoms with van der Waals surface area (Å²) in [6.07, 6.45) is 2.03. The molecule has 0 aliphatic carbocycles. The fourth-order valence-electron chi connectivity index (χ4n) is 4.00. The molecule has 3 aliphatic heterocycles. The first-order valence-corrected chi connectivity index (χ1v) is 10.4. The van der Waals surface area contributed by atoms with Gasteiger partial charge in [-0.05, 0) is 69.8 Å². The molecule has 27 heavy (non-hydrogen) atoms. The highest BCUT2D eigenvalue weighted by atomic mass is 32.1. The van der Waals surface area contributed by atoms with E-state index in [1.807, 2.05) is 19.1 Å².